The zero-order chi connectivity index (χ0) is 22.7. The van der Waals surface area contributed by atoms with Gasteiger partial charge in [-0.05, 0) is 79.9 Å². The van der Waals surface area contributed by atoms with E-state index >= 15 is 0 Å². The minimum atomic E-state index is -3.25. The van der Waals surface area contributed by atoms with E-state index in [0.29, 0.717) is 17.7 Å². The number of hydrogen-bond acceptors (Lipinski definition) is 4. The number of carbonyl (C=O) groups excluding carboxylic acids is 1. The molecule has 0 bridgehead atoms. The molecule has 32 heavy (non-hydrogen) atoms. The number of benzene rings is 3. The molecular weight excluding hydrogens is 418 g/mol. The van der Waals surface area contributed by atoms with Gasteiger partial charge in [-0.25, -0.2) is 8.42 Å². The predicted octanol–water partition coefficient (Wildman–Crippen LogP) is 4.87. The van der Waals surface area contributed by atoms with Crippen LogP contribution < -0.4 is 0 Å². The van der Waals surface area contributed by atoms with Crippen molar-refractivity contribution in [3.63, 3.8) is 0 Å². The zero-order valence-corrected chi connectivity index (χ0v) is 19.6. The van der Waals surface area contributed by atoms with E-state index in [1.807, 2.05) is 44.4 Å². The summed E-state index contributed by atoms with van der Waals surface area (Å²) in [6.07, 6.45) is 2.83. The quantitative estimate of drug-likeness (QED) is 0.414. The van der Waals surface area contributed by atoms with Crippen molar-refractivity contribution in [2.45, 2.75) is 36.5 Å². The third-order valence-electron chi connectivity index (χ3n) is 6.33. The van der Waals surface area contributed by atoms with E-state index in [1.54, 1.807) is 12.1 Å². The molecule has 168 valence electrons. The number of rotatable bonds is 10. The molecule has 0 heterocycles. The van der Waals surface area contributed by atoms with Gasteiger partial charge in [0.15, 0.2) is 9.84 Å². The van der Waals surface area contributed by atoms with Crippen LogP contribution in [0.15, 0.2) is 71.6 Å². The number of fused-ring (bicyclic) bond motifs is 1. The Morgan fingerprint density at radius 1 is 0.938 bits per heavy atom. The molecule has 2 atom stereocenters. The zero-order valence-electron chi connectivity index (χ0n) is 18.8. The minimum Gasteiger partial charge on any atom is -0.309 e. The topological polar surface area (TPSA) is 54.5 Å². The van der Waals surface area contributed by atoms with Crippen molar-refractivity contribution in [1.29, 1.82) is 0 Å². The van der Waals surface area contributed by atoms with Crippen LogP contribution in [0.2, 0.25) is 0 Å². The highest BCUT2D eigenvalue weighted by Gasteiger charge is 2.43. The summed E-state index contributed by atoms with van der Waals surface area (Å²) >= 11 is 0. The maximum atomic E-state index is 12.8. The minimum absolute atomic E-state index is 0.0370. The molecule has 0 aliphatic heterocycles. The van der Waals surface area contributed by atoms with Crippen LogP contribution in [-0.4, -0.2) is 45.5 Å². The van der Waals surface area contributed by atoms with Crippen LogP contribution in [0.25, 0.3) is 10.8 Å². The molecule has 1 fully saturated rings. The van der Waals surface area contributed by atoms with E-state index in [2.05, 4.69) is 29.2 Å². The van der Waals surface area contributed by atoms with Gasteiger partial charge in [-0.15, -0.1) is 0 Å². The molecular formula is C27H31NO3S. The Hall–Kier alpha value is -2.50. The molecule has 1 unspecified atom stereocenters. The molecule has 1 aliphatic rings. The average Bonchev–Trinajstić information content (AvgIpc) is 3.58. The van der Waals surface area contributed by atoms with Crippen molar-refractivity contribution < 1.29 is 13.2 Å². The van der Waals surface area contributed by atoms with Crippen molar-refractivity contribution in [3.05, 3.63) is 77.9 Å². The molecule has 0 aromatic heterocycles. The first-order valence-electron chi connectivity index (χ1n) is 11.3. The molecule has 3 aromatic carbocycles. The van der Waals surface area contributed by atoms with E-state index in [9.17, 15) is 13.2 Å². The number of ketones is 1. The fourth-order valence-corrected chi connectivity index (χ4v) is 5.73. The number of carbonyl (C=O) groups is 1. The Kier molecular flexibility index (Phi) is 6.77. The van der Waals surface area contributed by atoms with Gasteiger partial charge >= 0.3 is 0 Å². The number of Topliss-reactive ketones (excluding diaryl/α,β-unsaturated/α-hetero) is 1. The summed E-state index contributed by atoms with van der Waals surface area (Å²) in [6, 6.07) is 21.6. The molecule has 0 saturated heterocycles. The third-order valence-corrected chi connectivity index (χ3v) is 8.15. The molecule has 1 aliphatic carbocycles. The molecule has 4 rings (SSSR count). The Balaban J connectivity index is 1.33. The summed E-state index contributed by atoms with van der Waals surface area (Å²) in [6.45, 7) is 0.894. The normalized spacial score (nSPS) is 18.2. The van der Waals surface area contributed by atoms with E-state index in [1.165, 1.54) is 5.39 Å². The molecule has 0 amide bonds. The Bertz CT molecular complexity index is 1200. The monoisotopic (exact) mass is 449 g/mol. The highest BCUT2D eigenvalue weighted by Crippen LogP contribution is 2.48. The largest absolute Gasteiger partial charge is 0.309 e. The van der Waals surface area contributed by atoms with Crippen molar-refractivity contribution in [2.24, 2.45) is 5.92 Å². The number of nitrogens with zero attached hydrogens (tertiary/aromatic N) is 1. The van der Waals surface area contributed by atoms with Crippen LogP contribution in [0.5, 0.6) is 0 Å². The summed E-state index contributed by atoms with van der Waals surface area (Å²) in [4.78, 5) is 15.3. The second-order valence-electron chi connectivity index (χ2n) is 9.17. The van der Waals surface area contributed by atoms with Crippen LogP contribution in [0.4, 0.5) is 0 Å². The van der Waals surface area contributed by atoms with Gasteiger partial charge in [0.1, 0.15) is 5.78 Å². The van der Waals surface area contributed by atoms with Crippen molar-refractivity contribution in [1.82, 2.24) is 4.90 Å². The predicted molar refractivity (Wildman–Crippen MR) is 130 cm³/mol. The highest BCUT2D eigenvalue weighted by atomic mass is 32.2. The molecule has 1 saturated carbocycles. The lowest BCUT2D eigenvalue weighted by atomic mass is 10.00. The SMILES string of the molecule is CN(C)CCCCS(=O)(=O)c1ccc(C2C[C@H]2C(=O)Cc2ccc3ccccc3c2)cc1. The van der Waals surface area contributed by atoms with Gasteiger partial charge < -0.3 is 4.90 Å². The Morgan fingerprint density at radius 2 is 1.66 bits per heavy atom. The Labute approximate surface area is 191 Å². The molecule has 0 radical (unpaired) electrons. The number of unbranched alkanes of at least 4 members (excludes halogenated alkanes) is 1. The second kappa shape index (κ2) is 9.55. The lowest BCUT2D eigenvalue weighted by Crippen LogP contribution is -2.14. The summed E-state index contributed by atoms with van der Waals surface area (Å²) in [5.74, 6) is 0.689. The molecule has 0 spiro atoms. The van der Waals surface area contributed by atoms with E-state index < -0.39 is 9.84 Å². The van der Waals surface area contributed by atoms with Crippen LogP contribution >= 0.6 is 0 Å². The number of hydrogen-bond donors (Lipinski definition) is 0. The van der Waals surface area contributed by atoms with E-state index in [0.717, 1.165) is 35.9 Å². The van der Waals surface area contributed by atoms with Crippen LogP contribution in [0.1, 0.15) is 36.3 Å². The van der Waals surface area contributed by atoms with Gasteiger partial charge in [0.05, 0.1) is 10.6 Å². The molecule has 5 heteroatoms. The number of sulfone groups is 1. The smallest absolute Gasteiger partial charge is 0.178 e. The van der Waals surface area contributed by atoms with Gasteiger partial charge in [-0.3, -0.25) is 4.79 Å². The fourth-order valence-electron chi connectivity index (χ4n) is 4.36. The van der Waals surface area contributed by atoms with Crippen molar-refractivity contribution >= 4 is 26.4 Å². The summed E-state index contributed by atoms with van der Waals surface area (Å²) < 4.78 is 25.1. The lowest BCUT2D eigenvalue weighted by Gasteiger charge is -2.09. The van der Waals surface area contributed by atoms with Gasteiger partial charge in [0.2, 0.25) is 0 Å². The summed E-state index contributed by atoms with van der Waals surface area (Å²) in [7, 11) is 0.728. The average molecular weight is 450 g/mol. The van der Waals surface area contributed by atoms with E-state index in [4.69, 9.17) is 0 Å². The maximum Gasteiger partial charge on any atom is 0.178 e. The molecule has 4 nitrogen and oxygen atoms in total. The first-order valence-corrected chi connectivity index (χ1v) is 13.0. The summed E-state index contributed by atoms with van der Waals surface area (Å²) in [5, 5.41) is 2.34. The van der Waals surface area contributed by atoms with Crippen molar-refractivity contribution in [2.75, 3.05) is 26.4 Å². The first-order chi connectivity index (χ1) is 15.3. The van der Waals surface area contributed by atoms with Crippen molar-refractivity contribution in [3.8, 4) is 0 Å². The van der Waals surface area contributed by atoms with Gasteiger partial charge in [0.25, 0.3) is 0 Å². The first kappa shape index (κ1) is 22.7. The van der Waals surface area contributed by atoms with Gasteiger partial charge in [-0.1, -0.05) is 54.6 Å². The fraction of sp³-hybridized carbons (Fsp3) is 0.370. The highest BCUT2D eigenvalue weighted by molar-refractivity contribution is 7.91. The van der Waals surface area contributed by atoms with E-state index in [-0.39, 0.29) is 23.4 Å². The lowest BCUT2D eigenvalue weighted by molar-refractivity contribution is -0.119. The standard InChI is InChI=1S/C27H31NO3S/c1-28(2)15-5-6-16-32(30,31)24-13-11-22(12-14-24)25-19-26(25)27(29)18-20-9-10-21-7-3-4-8-23(21)17-20/h3-4,7-14,17,25-26H,5-6,15-16,18-19H2,1-2H3/t25?,26-/m1/s1. The maximum absolute atomic E-state index is 12.8. The van der Waals surface area contributed by atoms with Crippen LogP contribution in [0.3, 0.4) is 0 Å². The van der Waals surface area contributed by atoms with Gasteiger partial charge in [-0.2, -0.15) is 0 Å². The van der Waals surface area contributed by atoms with Gasteiger partial charge in [0, 0.05) is 12.3 Å². The van der Waals surface area contributed by atoms with Crippen LogP contribution in [-0.2, 0) is 21.1 Å². The summed E-state index contributed by atoms with van der Waals surface area (Å²) in [5.41, 5.74) is 2.11. The molecule has 3 aromatic rings. The van der Waals surface area contributed by atoms with Crippen LogP contribution in [0, 0.1) is 5.92 Å². The second-order valence-corrected chi connectivity index (χ2v) is 11.3. The third kappa shape index (κ3) is 5.45. The Morgan fingerprint density at radius 3 is 2.38 bits per heavy atom. The molecule has 0 N–H and O–H groups in total.